The normalized spacial score (nSPS) is 10.4. The van der Waals surface area contributed by atoms with E-state index >= 15 is 0 Å². The van der Waals surface area contributed by atoms with E-state index < -0.39 is 5.82 Å². The molecule has 0 saturated carbocycles. The van der Waals surface area contributed by atoms with Gasteiger partial charge < -0.3 is 10.2 Å². The Labute approximate surface area is 159 Å². The number of nitrogens with zero attached hydrogens (tertiary/aromatic N) is 1. The van der Waals surface area contributed by atoms with Crippen molar-refractivity contribution in [3.05, 3.63) is 68.9 Å². The van der Waals surface area contributed by atoms with Crippen molar-refractivity contribution in [3.8, 4) is 0 Å². The van der Waals surface area contributed by atoms with Crippen LogP contribution in [0, 0.1) is 5.82 Å². The van der Waals surface area contributed by atoms with Gasteiger partial charge in [0.25, 0.3) is 5.91 Å². The minimum Gasteiger partial charge on any atom is -0.352 e. The van der Waals surface area contributed by atoms with Crippen LogP contribution in [0.1, 0.15) is 22.3 Å². The summed E-state index contributed by atoms with van der Waals surface area (Å²) < 4.78 is 14.6. The molecule has 0 aliphatic carbocycles. The maximum atomic E-state index is 13.8. The van der Waals surface area contributed by atoms with E-state index in [0.717, 1.165) is 4.47 Å². The molecule has 25 heavy (non-hydrogen) atoms. The molecule has 2 amide bonds. The number of carbonyl (C=O) groups excluding carboxylic acids is 2. The van der Waals surface area contributed by atoms with Crippen molar-refractivity contribution in [2.75, 3.05) is 13.6 Å². The fourth-order valence-electron chi connectivity index (χ4n) is 2.19. The predicted octanol–water partition coefficient (Wildman–Crippen LogP) is 4.02. The Morgan fingerprint density at radius 2 is 1.88 bits per heavy atom. The zero-order chi connectivity index (χ0) is 18.4. The summed E-state index contributed by atoms with van der Waals surface area (Å²) in [5, 5.41) is 2.97. The Kier molecular flexibility index (Phi) is 6.96. The molecule has 2 aromatic carbocycles. The van der Waals surface area contributed by atoms with E-state index in [4.69, 9.17) is 11.6 Å². The van der Waals surface area contributed by atoms with E-state index in [9.17, 15) is 14.0 Å². The average Bonchev–Trinajstić information content (AvgIpc) is 2.58. The highest BCUT2D eigenvalue weighted by molar-refractivity contribution is 9.10. The van der Waals surface area contributed by atoms with Crippen LogP contribution in [0.15, 0.2) is 46.9 Å². The summed E-state index contributed by atoms with van der Waals surface area (Å²) in [5.41, 5.74) is 0.793. The van der Waals surface area contributed by atoms with Crippen LogP contribution in [-0.2, 0) is 11.3 Å². The maximum Gasteiger partial charge on any atom is 0.251 e. The highest BCUT2D eigenvalue weighted by Crippen LogP contribution is 2.20. The van der Waals surface area contributed by atoms with Crippen LogP contribution in [0.2, 0.25) is 5.02 Å². The molecule has 0 radical (unpaired) electrons. The van der Waals surface area contributed by atoms with Gasteiger partial charge in [-0.3, -0.25) is 9.59 Å². The first kappa shape index (κ1) is 19.4. The summed E-state index contributed by atoms with van der Waals surface area (Å²) >= 11 is 9.27. The number of carbonyl (C=O) groups is 2. The van der Waals surface area contributed by atoms with Crippen LogP contribution in [0.3, 0.4) is 0 Å². The van der Waals surface area contributed by atoms with Crippen molar-refractivity contribution in [2.24, 2.45) is 0 Å². The molecule has 0 aromatic heterocycles. The molecule has 7 heteroatoms. The third-order valence-corrected chi connectivity index (χ3v) is 4.50. The molecular weight excluding hydrogens is 411 g/mol. The zero-order valence-corrected chi connectivity index (χ0v) is 15.9. The summed E-state index contributed by atoms with van der Waals surface area (Å²) in [6, 6.07) is 11.3. The average molecular weight is 428 g/mol. The van der Waals surface area contributed by atoms with Crippen molar-refractivity contribution < 1.29 is 14.0 Å². The quantitative estimate of drug-likeness (QED) is 0.757. The molecule has 0 spiro atoms. The molecule has 0 saturated heterocycles. The lowest BCUT2D eigenvalue weighted by Crippen LogP contribution is -2.32. The van der Waals surface area contributed by atoms with Crippen LogP contribution in [0.4, 0.5) is 4.39 Å². The number of hydrogen-bond acceptors (Lipinski definition) is 2. The summed E-state index contributed by atoms with van der Waals surface area (Å²) in [4.78, 5) is 25.5. The fraction of sp³-hybridized carbons (Fsp3) is 0.222. The van der Waals surface area contributed by atoms with Crippen molar-refractivity contribution >= 4 is 39.3 Å². The second-order valence-electron chi connectivity index (χ2n) is 5.46. The van der Waals surface area contributed by atoms with Gasteiger partial charge in [0.15, 0.2) is 0 Å². The van der Waals surface area contributed by atoms with E-state index in [2.05, 4.69) is 21.2 Å². The van der Waals surface area contributed by atoms with Gasteiger partial charge in [-0.15, -0.1) is 0 Å². The molecule has 0 fully saturated rings. The van der Waals surface area contributed by atoms with Gasteiger partial charge in [0.05, 0.1) is 0 Å². The van der Waals surface area contributed by atoms with Crippen LogP contribution in [-0.4, -0.2) is 30.3 Å². The number of nitrogens with one attached hydrogen (secondary N) is 1. The van der Waals surface area contributed by atoms with E-state index in [1.807, 2.05) is 0 Å². The van der Waals surface area contributed by atoms with E-state index in [1.54, 1.807) is 37.4 Å². The van der Waals surface area contributed by atoms with Crippen molar-refractivity contribution in [2.45, 2.75) is 13.0 Å². The van der Waals surface area contributed by atoms with E-state index in [1.165, 1.54) is 17.0 Å². The standard InChI is InChI=1S/C18H17BrClFN2O2/c1-23(11-14-15(20)3-2-4-16(14)21)17(24)9-10-22-18(25)12-5-7-13(19)8-6-12/h2-8H,9-11H2,1H3,(H,22,25). The lowest BCUT2D eigenvalue weighted by atomic mass is 10.2. The molecule has 2 rings (SSSR count). The largest absolute Gasteiger partial charge is 0.352 e. The topological polar surface area (TPSA) is 49.4 Å². The molecule has 0 aliphatic heterocycles. The SMILES string of the molecule is CN(Cc1c(F)cccc1Cl)C(=O)CCNC(=O)c1ccc(Br)cc1. The minimum atomic E-state index is -0.448. The van der Waals surface area contributed by atoms with Crippen molar-refractivity contribution in [1.29, 1.82) is 0 Å². The maximum absolute atomic E-state index is 13.8. The molecular formula is C18H17BrClFN2O2. The predicted molar refractivity (Wildman–Crippen MR) is 99.0 cm³/mol. The van der Waals surface area contributed by atoms with Crippen LogP contribution >= 0.6 is 27.5 Å². The Hall–Kier alpha value is -1.92. The second-order valence-corrected chi connectivity index (χ2v) is 6.79. The number of halogens is 3. The molecule has 0 atom stereocenters. The Balaban J connectivity index is 1.83. The molecule has 4 nitrogen and oxygen atoms in total. The van der Waals surface area contributed by atoms with Crippen LogP contribution in [0.25, 0.3) is 0 Å². The van der Waals surface area contributed by atoms with Crippen LogP contribution < -0.4 is 5.32 Å². The highest BCUT2D eigenvalue weighted by atomic mass is 79.9. The van der Waals surface area contributed by atoms with Gasteiger partial charge in [0, 0.05) is 47.2 Å². The first-order chi connectivity index (χ1) is 11.9. The number of amides is 2. The van der Waals surface area contributed by atoms with Gasteiger partial charge in [-0.2, -0.15) is 0 Å². The van der Waals surface area contributed by atoms with Gasteiger partial charge in [0.1, 0.15) is 5.82 Å². The zero-order valence-electron chi connectivity index (χ0n) is 13.6. The summed E-state index contributed by atoms with van der Waals surface area (Å²) in [6.07, 6.45) is 0.116. The number of hydrogen-bond donors (Lipinski definition) is 1. The van der Waals surface area contributed by atoms with E-state index in [-0.39, 0.29) is 41.9 Å². The summed E-state index contributed by atoms with van der Waals surface area (Å²) in [5.74, 6) is -0.911. The molecule has 132 valence electrons. The van der Waals surface area contributed by atoms with Gasteiger partial charge >= 0.3 is 0 Å². The first-order valence-electron chi connectivity index (χ1n) is 7.59. The lowest BCUT2D eigenvalue weighted by molar-refractivity contribution is -0.130. The van der Waals surface area contributed by atoms with Gasteiger partial charge in [-0.1, -0.05) is 33.6 Å². The molecule has 0 unspecified atom stereocenters. The minimum absolute atomic E-state index is 0.0744. The second kappa shape index (κ2) is 8.97. The summed E-state index contributed by atoms with van der Waals surface area (Å²) in [6.45, 7) is 0.272. The summed E-state index contributed by atoms with van der Waals surface area (Å²) in [7, 11) is 1.57. The molecule has 0 bridgehead atoms. The van der Waals surface area contributed by atoms with Gasteiger partial charge in [-0.25, -0.2) is 4.39 Å². The van der Waals surface area contributed by atoms with E-state index in [0.29, 0.717) is 5.56 Å². The van der Waals surface area contributed by atoms with Crippen molar-refractivity contribution in [1.82, 2.24) is 10.2 Å². The monoisotopic (exact) mass is 426 g/mol. The van der Waals surface area contributed by atoms with Gasteiger partial charge in [-0.05, 0) is 36.4 Å². The third-order valence-electron chi connectivity index (χ3n) is 3.61. The molecule has 2 aromatic rings. The number of rotatable bonds is 6. The van der Waals surface area contributed by atoms with Crippen molar-refractivity contribution in [3.63, 3.8) is 0 Å². The Morgan fingerprint density at radius 3 is 2.52 bits per heavy atom. The third kappa shape index (κ3) is 5.54. The first-order valence-corrected chi connectivity index (χ1v) is 8.76. The lowest BCUT2D eigenvalue weighted by Gasteiger charge is -2.18. The Bertz CT molecular complexity index is 748. The van der Waals surface area contributed by atoms with Gasteiger partial charge in [0.2, 0.25) is 5.91 Å². The molecule has 0 aliphatic rings. The Morgan fingerprint density at radius 1 is 1.20 bits per heavy atom. The van der Waals surface area contributed by atoms with Crippen LogP contribution in [0.5, 0.6) is 0 Å². The smallest absolute Gasteiger partial charge is 0.251 e. The molecule has 0 heterocycles. The molecule has 1 N–H and O–H groups in total. The fourth-order valence-corrected chi connectivity index (χ4v) is 2.67. The highest BCUT2D eigenvalue weighted by Gasteiger charge is 2.14. The number of benzene rings is 2.